The van der Waals surface area contributed by atoms with E-state index in [1.54, 1.807) is 6.92 Å². The average Bonchev–Trinajstić information content (AvgIpc) is 3.01. The van der Waals surface area contributed by atoms with Crippen LogP contribution in [0.1, 0.15) is 127 Å². The number of hydrogen-bond donors (Lipinski definition) is 0. The van der Waals surface area contributed by atoms with Crippen molar-refractivity contribution < 1.29 is 9.53 Å². The van der Waals surface area contributed by atoms with Crippen LogP contribution >= 0.6 is 0 Å². The number of rotatable bonds is 5. The van der Waals surface area contributed by atoms with Gasteiger partial charge in [0.1, 0.15) is 6.10 Å². The van der Waals surface area contributed by atoms with Crippen LogP contribution in [0, 0.1) is 51.2 Å². The Morgan fingerprint density at radius 2 is 1.56 bits per heavy atom. The molecule has 0 amide bonds. The Kier molecular flexibility index (Phi) is 6.92. The fraction of sp³-hybridized carbons (Fsp3) is 0.906. The number of allylic oxidation sites excluding steroid dienone is 2. The van der Waals surface area contributed by atoms with E-state index in [1.165, 1.54) is 63.4 Å². The molecular formula is C32H54O2. The Balaban J connectivity index is 1.56. The molecule has 2 heteroatoms. The van der Waals surface area contributed by atoms with Gasteiger partial charge in [0.2, 0.25) is 0 Å². The summed E-state index contributed by atoms with van der Waals surface area (Å²) in [4.78, 5) is 11.8. The highest BCUT2D eigenvalue weighted by molar-refractivity contribution is 5.66. The molecule has 0 aromatic carbocycles. The Labute approximate surface area is 211 Å². The second kappa shape index (κ2) is 8.95. The Bertz CT molecular complexity index is 806. The third-order valence-corrected chi connectivity index (χ3v) is 12.6. The summed E-state index contributed by atoms with van der Waals surface area (Å²) in [5.41, 5.74) is 2.90. The molecule has 9 atom stereocenters. The van der Waals surface area contributed by atoms with Crippen LogP contribution in [-0.4, -0.2) is 12.1 Å². The van der Waals surface area contributed by atoms with E-state index < -0.39 is 0 Å². The molecule has 4 fully saturated rings. The first-order chi connectivity index (χ1) is 15.8. The lowest BCUT2D eigenvalue weighted by molar-refractivity contribution is -0.209. The van der Waals surface area contributed by atoms with Crippen LogP contribution in [0.25, 0.3) is 0 Å². The quantitative estimate of drug-likeness (QED) is 0.296. The third-order valence-electron chi connectivity index (χ3n) is 12.6. The van der Waals surface area contributed by atoms with Gasteiger partial charge in [0, 0.05) is 12.3 Å². The van der Waals surface area contributed by atoms with Crippen LogP contribution in [0.2, 0.25) is 0 Å². The maximum Gasteiger partial charge on any atom is 0.302 e. The summed E-state index contributed by atoms with van der Waals surface area (Å²) in [6, 6.07) is 0. The molecule has 0 bridgehead atoms. The summed E-state index contributed by atoms with van der Waals surface area (Å²) in [5, 5.41) is 0. The van der Waals surface area contributed by atoms with Gasteiger partial charge in [-0.25, -0.2) is 0 Å². The molecule has 194 valence electrons. The summed E-state index contributed by atoms with van der Waals surface area (Å²) in [7, 11) is 0. The molecule has 0 aromatic rings. The predicted octanol–water partition coefficient (Wildman–Crippen LogP) is 8.99. The van der Waals surface area contributed by atoms with E-state index in [0.717, 1.165) is 30.1 Å². The van der Waals surface area contributed by atoms with Crippen LogP contribution in [0.15, 0.2) is 11.6 Å². The normalized spacial score (nSPS) is 46.0. The van der Waals surface area contributed by atoms with E-state index in [0.29, 0.717) is 22.2 Å². The zero-order valence-electron chi connectivity index (χ0n) is 23.9. The maximum absolute atomic E-state index is 11.8. The monoisotopic (exact) mass is 470 g/mol. The topological polar surface area (TPSA) is 26.3 Å². The number of ether oxygens (including phenoxy) is 1. The molecule has 4 rings (SSSR count). The van der Waals surface area contributed by atoms with Crippen molar-refractivity contribution in [1.82, 2.24) is 0 Å². The van der Waals surface area contributed by atoms with E-state index in [-0.39, 0.29) is 17.5 Å². The summed E-state index contributed by atoms with van der Waals surface area (Å²) in [6.45, 7) is 21.5. The van der Waals surface area contributed by atoms with Crippen molar-refractivity contribution in [3.05, 3.63) is 11.6 Å². The highest BCUT2D eigenvalue weighted by atomic mass is 16.5. The minimum Gasteiger partial charge on any atom is -0.462 e. The van der Waals surface area contributed by atoms with Crippen LogP contribution < -0.4 is 0 Å². The number of fused-ring (bicyclic) bond motifs is 5. The first-order valence-corrected chi connectivity index (χ1v) is 14.6. The molecule has 0 heterocycles. The molecule has 4 unspecified atom stereocenters. The molecule has 0 saturated heterocycles. The first-order valence-electron chi connectivity index (χ1n) is 14.6. The van der Waals surface area contributed by atoms with E-state index in [9.17, 15) is 4.79 Å². The Morgan fingerprint density at radius 1 is 0.882 bits per heavy atom. The summed E-state index contributed by atoms with van der Waals surface area (Å²) >= 11 is 0. The zero-order chi connectivity index (χ0) is 25.1. The molecule has 0 spiro atoms. The molecule has 4 aliphatic carbocycles. The van der Waals surface area contributed by atoms with Gasteiger partial charge in [-0.05, 0) is 124 Å². The van der Waals surface area contributed by atoms with Crippen molar-refractivity contribution in [1.29, 1.82) is 0 Å². The zero-order valence-corrected chi connectivity index (χ0v) is 23.9. The summed E-state index contributed by atoms with van der Waals surface area (Å²) < 4.78 is 5.89. The maximum atomic E-state index is 11.8. The second-order valence-corrected chi connectivity index (χ2v) is 14.7. The molecule has 0 aromatic heterocycles. The van der Waals surface area contributed by atoms with Gasteiger partial charge in [-0.1, -0.05) is 53.2 Å². The van der Waals surface area contributed by atoms with Crippen molar-refractivity contribution in [2.45, 2.75) is 133 Å². The lowest BCUT2D eigenvalue weighted by atomic mass is 9.38. The largest absolute Gasteiger partial charge is 0.462 e. The fourth-order valence-electron chi connectivity index (χ4n) is 10.7. The Hall–Kier alpha value is -0.790. The smallest absolute Gasteiger partial charge is 0.302 e. The third kappa shape index (κ3) is 3.92. The number of hydrogen-bond acceptors (Lipinski definition) is 2. The van der Waals surface area contributed by atoms with Crippen molar-refractivity contribution >= 4 is 5.97 Å². The van der Waals surface area contributed by atoms with Crippen molar-refractivity contribution in [3.8, 4) is 0 Å². The Morgan fingerprint density at radius 3 is 2.21 bits per heavy atom. The van der Waals surface area contributed by atoms with E-state index in [4.69, 9.17) is 4.74 Å². The molecule has 34 heavy (non-hydrogen) atoms. The highest BCUT2D eigenvalue weighted by Gasteiger charge is 2.67. The molecule has 4 aliphatic rings. The highest BCUT2D eigenvalue weighted by Crippen LogP contribution is 2.74. The van der Waals surface area contributed by atoms with Gasteiger partial charge in [-0.2, -0.15) is 0 Å². The van der Waals surface area contributed by atoms with Crippen molar-refractivity contribution in [2.75, 3.05) is 0 Å². The predicted molar refractivity (Wildman–Crippen MR) is 142 cm³/mol. The van der Waals surface area contributed by atoms with Gasteiger partial charge in [-0.3, -0.25) is 4.79 Å². The molecule has 0 aliphatic heterocycles. The van der Waals surface area contributed by atoms with Crippen molar-refractivity contribution in [3.63, 3.8) is 0 Å². The minimum absolute atomic E-state index is 0.0724. The summed E-state index contributed by atoms with van der Waals surface area (Å²) in [5.74, 6) is 3.96. The van der Waals surface area contributed by atoms with E-state index >= 15 is 0 Å². The first kappa shape index (κ1) is 26.3. The van der Waals surface area contributed by atoms with E-state index in [1.807, 2.05) is 0 Å². The standard InChI is InChI=1S/C32H54O2/c1-21(2)11-10-12-22(3)24-15-19-32(9)26-13-14-27-29(5,6)28(34-23(4)33)17-18-30(27,7)25(26)16-20-31(24,32)8/h11,22,24-28H,10,12-20H2,1-9H3/t22-,24+,25?,26?,27+,28?,30?,31+,32-/m1/s1. The van der Waals surface area contributed by atoms with Gasteiger partial charge < -0.3 is 4.74 Å². The lowest BCUT2D eigenvalue weighted by Crippen LogP contribution is -2.62. The fourth-order valence-corrected chi connectivity index (χ4v) is 10.7. The lowest BCUT2D eigenvalue weighted by Gasteiger charge is -2.67. The second-order valence-electron chi connectivity index (χ2n) is 14.7. The molecular weight excluding hydrogens is 416 g/mol. The average molecular weight is 471 g/mol. The van der Waals surface area contributed by atoms with Crippen LogP contribution in [0.4, 0.5) is 0 Å². The van der Waals surface area contributed by atoms with Crippen LogP contribution in [-0.2, 0) is 9.53 Å². The number of esters is 1. The van der Waals surface area contributed by atoms with Gasteiger partial charge >= 0.3 is 5.97 Å². The summed E-state index contributed by atoms with van der Waals surface area (Å²) in [6.07, 6.45) is 15.8. The van der Waals surface area contributed by atoms with Gasteiger partial charge in [0.15, 0.2) is 0 Å². The van der Waals surface area contributed by atoms with Gasteiger partial charge in [0.25, 0.3) is 0 Å². The minimum atomic E-state index is -0.105. The van der Waals surface area contributed by atoms with E-state index in [2.05, 4.69) is 61.5 Å². The van der Waals surface area contributed by atoms with Crippen molar-refractivity contribution in [2.24, 2.45) is 51.2 Å². The number of carbonyl (C=O) groups is 1. The van der Waals surface area contributed by atoms with Gasteiger partial charge in [0.05, 0.1) is 0 Å². The molecule has 0 N–H and O–H groups in total. The molecule has 4 saturated carbocycles. The van der Waals surface area contributed by atoms with Crippen LogP contribution in [0.5, 0.6) is 0 Å². The SMILES string of the molecule is CC(=O)OC1CCC2(C)C3CC[C@@]4(C)[C@H]([C@H](C)CCC=C(C)C)CC[C@]4(C)C3CC[C@H]2C1(C)C. The van der Waals surface area contributed by atoms with Crippen LogP contribution in [0.3, 0.4) is 0 Å². The molecule has 2 nitrogen and oxygen atoms in total. The molecule has 0 radical (unpaired) electrons. The van der Waals surface area contributed by atoms with Gasteiger partial charge in [-0.15, -0.1) is 0 Å². The number of carbonyl (C=O) groups excluding carboxylic acids is 1.